The summed E-state index contributed by atoms with van der Waals surface area (Å²) in [5.74, 6) is 1.58. The molecule has 4 rings (SSSR count). The Morgan fingerprint density at radius 1 is 1.11 bits per heavy atom. The third-order valence-electron chi connectivity index (χ3n) is 6.20. The molecule has 1 heterocycles. The van der Waals surface area contributed by atoms with Gasteiger partial charge in [-0.25, -0.2) is 0 Å². The first-order valence-electron chi connectivity index (χ1n) is 10.5. The van der Waals surface area contributed by atoms with Crippen molar-refractivity contribution in [2.45, 2.75) is 50.5 Å². The lowest BCUT2D eigenvalue weighted by atomic mass is 9.80. The highest BCUT2D eigenvalue weighted by Crippen LogP contribution is 2.36. The number of amides is 1. The third-order valence-corrected chi connectivity index (χ3v) is 6.20. The molecule has 4 heteroatoms. The number of fused-ring (bicyclic) bond motifs is 1. The number of methoxy groups -OCH3 is 1. The zero-order chi connectivity index (χ0) is 19.3. The first-order valence-corrected chi connectivity index (χ1v) is 10.5. The number of likely N-dealkylation sites (tertiary alicyclic amines) is 1. The SMILES string of the molecule is COc1ccc2c(c1)CCCC2CC(=O)N1CCC(Nc2ccccc2)CC1. The Kier molecular flexibility index (Phi) is 5.84. The Labute approximate surface area is 167 Å². The van der Waals surface area contributed by atoms with Gasteiger partial charge in [-0.3, -0.25) is 4.79 Å². The van der Waals surface area contributed by atoms with E-state index in [4.69, 9.17) is 4.74 Å². The lowest BCUT2D eigenvalue weighted by Gasteiger charge is -2.34. The second-order valence-corrected chi connectivity index (χ2v) is 8.02. The molecule has 1 aliphatic carbocycles. The molecule has 1 fully saturated rings. The molecule has 2 aromatic carbocycles. The molecule has 0 radical (unpaired) electrons. The highest BCUT2D eigenvalue weighted by Gasteiger charge is 2.27. The number of hydrogen-bond donors (Lipinski definition) is 1. The summed E-state index contributed by atoms with van der Waals surface area (Å²) in [7, 11) is 1.71. The minimum atomic E-state index is 0.312. The maximum absolute atomic E-state index is 12.9. The quantitative estimate of drug-likeness (QED) is 0.826. The van der Waals surface area contributed by atoms with E-state index >= 15 is 0 Å². The van der Waals surface area contributed by atoms with Crippen molar-refractivity contribution in [2.24, 2.45) is 0 Å². The summed E-state index contributed by atoms with van der Waals surface area (Å²) in [4.78, 5) is 15.0. The predicted octanol–water partition coefficient (Wildman–Crippen LogP) is 4.61. The van der Waals surface area contributed by atoms with Crippen LogP contribution in [-0.4, -0.2) is 37.0 Å². The van der Waals surface area contributed by atoms with Crippen LogP contribution in [0.25, 0.3) is 0 Å². The minimum absolute atomic E-state index is 0.312. The molecule has 4 nitrogen and oxygen atoms in total. The van der Waals surface area contributed by atoms with Gasteiger partial charge in [0.2, 0.25) is 5.91 Å². The molecular weight excluding hydrogens is 348 g/mol. The molecule has 0 bridgehead atoms. The number of carbonyl (C=O) groups is 1. The number of benzene rings is 2. The highest BCUT2D eigenvalue weighted by atomic mass is 16.5. The van der Waals surface area contributed by atoms with Gasteiger partial charge >= 0.3 is 0 Å². The van der Waals surface area contributed by atoms with Crippen LogP contribution in [0.2, 0.25) is 0 Å². The van der Waals surface area contributed by atoms with Gasteiger partial charge in [0, 0.05) is 31.2 Å². The number of hydrogen-bond acceptors (Lipinski definition) is 3. The summed E-state index contributed by atoms with van der Waals surface area (Å²) in [6.45, 7) is 1.71. The summed E-state index contributed by atoms with van der Waals surface area (Å²) >= 11 is 0. The Bertz CT molecular complexity index is 798. The van der Waals surface area contributed by atoms with E-state index in [1.807, 2.05) is 12.1 Å². The van der Waals surface area contributed by atoms with Gasteiger partial charge in [0.05, 0.1) is 7.11 Å². The monoisotopic (exact) mass is 378 g/mol. The molecule has 2 aliphatic rings. The van der Waals surface area contributed by atoms with Crippen molar-refractivity contribution in [3.63, 3.8) is 0 Å². The van der Waals surface area contributed by atoms with Crippen LogP contribution in [0.15, 0.2) is 48.5 Å². The summed E-state index contributed by atoms with van der Waals surface area (Å²) in [5.41, 5.74) is 3.87. The molecule has 1 aliphatic heterocycles. The van der Waals surface area contributed by atoms with Crippen LogP contribution in [0.3, 0.4) is 0 Å². The second kappa shape index (κ2) is 8.68. The van der Waals surface area contributed by atoms with E-state index in [9.17, 15) is 4.79 Å². The molecule has 0 aromatic heterocycles. The smallest absolute Gasteiger partial charge is 0.223 e. The molecule has 0 saturated carbocycles. The average Bonchev–Trinajstić information content (AvgIpc) is 2.75. The number of ether oxygens (including phenoxy) is 1. The van der Waals surface area contributed by atoms with Gasteiger partial charge in [0.1, 0.15) is 5.75 Å². The van der Waals surface area contributed by atoms with Crippen molar-refractivity contribution in [3.05, 3.63) is 59.7 Å². The molecule has 1 N–H and O–H groups in total. The van der Waals surface area contributed by atoms with Crippen LogP contribution >= 0.6 is 0 Å². The number of piperidine rings is 1. The summed E-state index contributed by atoms with van der Waals surface area (Å²) < 4.78 is 5.36. The van der Waals surface area contributed by atoms with Crippen LogP contribution in [-0.2, 0) is 11.2 Å². The van der Waals surface area contributed by atoms with Crippen molar-refractivity contribution in [3.8, 4) is 5.75 Å². The zero-order valence-electron chi connectivity index (χ0n) is 16.7. The maximum Gasteiger partial charge on any atom is 0.223 e. The van der Waals surface area contributed by atoms with Crippen LogP contribution in [0.4, 0.5) is 5.69 Å². The molecule has 1 amide bonds. The van der Waals surface area contributed by atoms with Crippen LogP contribution in [0, 0.1) is 0 Å². The van der Waals surface area contributed by atoms with Gasteiger partial charge in [-0.05, 0) is 73.4 Å². The van der Waals surface area contributed by atoms with Gasteiger partial charge in [-0.1, -0.05) is 24.3 Å². The van der Waals surface area contributed by atoms with E-state index in [1.165, 1.54) is 16.8 Å². The Balaban J connectivity index is 1.32. The molecule has 28 heavy (non-hydrogen) atoms. The van der Waals surface area contributed by atoms with E-state index in [1.54, 1.807) is 7.11 Å². The standard InChI is InChI=1S/C24H30N2O2/c1-28-22-10-11-23-18(16-22)6-5-7-19(23)17-24(27)26-14-12-21(13-15-26)25-20-8-3-2-4-9-20/h2-4,8-11,16,19,21,25H,5-7,12-15,17H2,1H3. The number of para-hydroxylation sites is 1. The average molecular weight is 379 g/mol. The third kappa shape index (κ3) is 4.32. The van der Waals surface area contributed by atoms with Crippen molar-refractivity contribution < 1.29 is 9.53 Å². The minimum Gasteiger partial charge on any atom is -0.497 e. The van der Waals surface area contributed by atoms with Crippen LogP contribution < -0.4 is 10.1 Å². The Morgan fingerprint density at radius 3 is 2.64 bits per heavy atom. The topological polar surface area (TPSA) is 41.6 Å². The van der Waals surface area contributed by atoms with E-state index in [2.05, 4.69) is 46.6 Å². The molecule has 1 atom stereocenters. The zero-order valence-corrected chi connectivity index (χ0v) is 16.7. The normalized spacial score (nSPS) is 19.8. The van der Waals surface area contributed by atoms with Gasteiger partial charge < -0.3 is 15.0 Å². The van der Waals surface area contributed by atoms with Gasteiger partial charge in [0.15, 0.2) is 0 Å². The highest BCUT2D eigenvalue weighted by molar-refractivity contribution is 5.77. The van der Waals surface area contributed by atoms with E-state index in [0.717, 1.165) is 50.9 Å². The first-order chi connectivity index (χ1) is 13.7. The number of nitrogens with one attached hydrogen (secondary N) is 1. The predicted molar refractivity (Wildman–Crippen MR) is 113 cm³/mol. The van der Waals surface area contributed by atoms with Crippen molar-refractivity contribution in [2.75, 3.05) is 25.5 Å². The van der Waals surface area contributed by atoms with Crippen molar-refractivity contribution in [1.82, 2.24) is 4.90 Å². The molecule has 1 saturated heterocycles. The van der Waals surface area contributed by atoms with E-state index in [-0.39, 0.29) is 0 Å². The maximum atomic E-state index is 12.9. The first kappa shape index (κ1) is 18.9. The largest absolute Gasteiger partial charge is 0.497 e. The summed E-state index contributed by atoms with van der Waals surface area (Å²) in [5, 5.41) is 3.60. The Hall–Kier alpha value is -2.49. The van der Waals surface area contributed by atoms with Crippen LogP contribution in [0.1, 0.15) is 49.1 Å². The number of aryl methyl sites for hydroxylation is 1. The molecule has 0 spiro atoms. The molecule has 1 unspecified atom stereocenters. The number of anilines is 1. The summed E-state index contributed by atoms with van der Waals surface area (Å²) in [6.07, 6.45) is 6.01. The fourth-order valence-electron chi connectivity index (χ4n) is 4.61. The lowest BCUT2D eigenvalue weighted by Crippen LogP contribution is -2.42. The molecular formula is C24H30N2O2. The summed E-state index contributed by atoms with van der Waals surface area (Å²) in [6, 6.07) is 17.1. The van der Waals surface area contributed by atoms with Crippen LogP contribution in [0.5, 0.6) is 5.75 Å². The number of nitrogens with zero attached hydrogens (tertiary/aromatic N) is 1. The van der Waals surface area contributed by atoms with E-state index < -0.39 is 0 Å². The second-order valence-electron chi connectivity index (χ2n) is 8.02. The lowest BCUT2D eigenvalue weighted by molar-refractivity contribution is -0.132. The van der Waals surface area contributed by atoms with E-state index in [0.29, 0.717) is 24.3 Å². The van der Waals surface area contributed by atoms with Gasteiger partial charge in [-0.15, -0.1) is 0 Å². The molecule has 2 aromatic rings. The fourth-order valence-corrected chi connectivity index (χ4v) is 4.61. The van der Waals surface area contributed by atoms with Gasteiger partial charge in [0.25, 0.3) is 0 Å². The number of carbonyl (C=O) groups excluding carboxylic acids is 1. The molecule has 148 valence electrons. The van der Waals surface area contributed by atoms with Crippen molar-refractivity contribution in [1.29, 1.82) is 0 Å². The number of rotatable bonds is 5. The van der Waals surface area contributed by atoms with Gasteiger partial charge in [-0.2, -0.15) is 0 Å². The Morgan fingerprint density at radius 2 is 1.89 bits per heavy atom. The van der Waals surface area contributed by atoms with Crippen molar-refractivity contribution >= 4 is 11.6 Å². The fraction of sp³-hybridized carbons (Fsp3) is 0.458.